The highest BCUT2D eigenvalue weighted by atomic mass is 32.1. The van der Waals surface area contributed by atoms with E-state index in [9.17, 15) is 0 Å². The quantitative estimate of drug-likeness (QED) is 0.169. The number of para-hydroxylation sites is 4. The van der Waals surface area contributed by atoms with E-state index in [4.69, 9.17) is 8.83 Å². The van der Waals surface area contributed by atoms with E-state index in [2.05, 4.69) is 180 Å². The normalized spacial score (nSPS) is 11.9. The van der Waals surface area contributed by atoms with Crippen LogP contribution in [-0.2, 0) is 0 Å². The second-order valence-electron chi connectivity index (χ2n) is 14.1. The highest BCUT2D eigenvalue weighted by Crippen LogP contribution is 2.49. The van der Waals surface area contributed by atoms with Gasteiger partial charge >= 0.3 is 0 Å². The van der Waals surface area contributed by atoms with Crippen LogP contribution in [0.5, 0.6) is 0 Å². The third-order valence-corrected chi connectivity index (χ3v) is 13.2. The molecule has 4 aromatic heterocycles. The van der Waals surface area contributed by atoms with Crippen molar-refractivity contribution in [1.82, 2.24) is 0 Å². The fourth-order valence-electron chi connectivity index (χ4n) is 8.34. The second kappa shape index (κ2) is 12.3. The number of benzene rings is 8. The zero-order valence-corrected chi connectivity index (χ0v) is 31.5. The summed E-state index contributed by atoms with van der Waals surface area (Å²) >= 11 is 3.63. The molecule has 0 saturated heterocycles. The lowest BCUT2D eigenvalue weighted by Crippen LogP contribution is -2.09. The van der Waals surface area contributed by atoms with Crippen molar-refractivity contribution in [2.24, 2.45) is 0 Å². The van der Waals surface area contributed by atoms with E-state index < -0.39 is 0 Å². The Kier molecular flexibility index (Phi) is 6.93. The lowest BCUT2D eigenvalue weighted by Gasteiger charge is -2.26. The first kappa shape index (κ1) is 31.5. The molecule has 0 aliphatic heterocycles. The predicted octanol–water partition coefficient (Wildman–Crippen LogP) is 16.0. The Morgan fingerprint density at radius 2 is 0.911 bits per heavy atom. The standard InChI is InChI=1S/C50H30N2O2S2/c1-3-13-31(14-4-1)51(41-21-11-19-37-35-17-7-9-23-43(35)53-47(37)41)34-26-28-40-46(30-34)56-50-39-27-25-33(29-44(39)54-48(40)50)52(32-15-5-2-6-16-32)42-22-12-20-38-36-18-8-10-24-45(36)55-49(38)42/h1-30H. The SMILES string of the molecule is c1ccc(N(c2ccc3c(c2)sc2c4ccc(N(c5ccccc5)c5cccc6c5sc5ccccc56)cc4oc32)c2cccc3c2oc2ccccc23)cc1. The molecular weight excluding hydrogens is 725 g/mol. The summed E-state index contributed by atoms with van der Waals surface area (Å²) in [7, 11) is 0. The second-order valence-corrected chi connectivity index (χ2v) is 16.2. The first-order chi connectivity index (χ1) is 27.8. The molecule has 0 unspecified atom stereocenters. The first-order valence-electron chi connectivity index (χ1n) is 18.7. The van der Waals surface area contributed by atoms with Crippen LogP contribution in [0.15, 0.2) is 191 Å². The van der Waals surface area contributed by atoms with Gasteiger partial charge in [-0.15, -0.1) is 22.7 Å². The number of rotatable bonds is 6. The van der Waals surface area contributed by atoms with Crippen LogP contribution in [0, 0.1) is 0 Å². The maximum Gasteiger partial charge on any atom is 0.159 e. The molecule has 12 aromatic rings. The zero-order valence-electron chi connectivity index (χ0n) is 29.8. The van der Waals surface area contributed by atoms with Crippen LogP contribution in [0.25, 0.3) is 73.4 Å². The number of anilines is 6. The lowest BCUT2D eigenvalue weighted by molar-refractivity contribution is 0.669. The molecule has 0 saturated carbocycles. The van der Waals surface area contributed by atoms with Crippen LogP contribution in [0.2, 0.25) is 0 Å². The van der Waals surface area contributed by atoms with Crippen molar-refractivity contribution in [3.63, 3.8) is 0 Å². The summed E-state index contributed by atoms with van der Waals surface area (Å²) in [5.74, 6) is 0. The summed E-state index contributed by atoms with van der Waals surface area (Å²) in [6.07, 6.45) is 0. The molecule has 0 atom stereocenters. The summed E-state index contributed by atoms with van der Waals surface area (Å²) in [5.41, 5.74) is 9.98. The molecule has 0 spiro atoms. The van der Waals surface area contributed by atoms with Crippen LogP contribution < -0.4 is 9.80 Å². The van der Waals surface area contributed by atoms with Gasteiger partial charge in [-0.25, -0.2) is 0 Å². The van der Waals surface area contributed by atoms with Crippen LogP contribution >= 0.6 is 22.7 Å². The van der Waals surface area contributed by atoms with Crippen molar-refractivity contribution in [2.75, 3.05) is 9.80 Å². The van der Waals surface area contributed by atoms with Crippen LogP contribution in [-0.4, -0.2) is 0 Å². The molecule has 4 heterocycles. The smallest absolute Gasteiger partial charge is 0.159 e. The monoisotopic (exact) mass is 754 g/mol. The van der Waals surface area contributed by atoms with Gasteiger partial charge in [0.1, 0.15) is 11.2 Å². The fourth-order valence-corrected chi connectivity index (χ4v) is 10.7. The molecule has 0 aliphatic carbocycles. The van der Waals surface area contributed by atoms with Crippen LogP contribution in [0.1, 0.15) is 0 Å². The van der Waals surface area contributed by atoms with E-state index in [-0.39, 0.29) is 0 Å². The summed E-state index contributed by atoms with van der Waals surface area (Å²) in [4.78, 5) is 4.66. The highest BCUT2D eigenvalue weighted by Gasteiger charge is 2.23. The minimum Gasteiger partial charge on any atom is -0.454 e. The molecular formula is C50H30N2O2S2. The van der Waals surface area contributed by atoms with E-state index in [0.717, 1.165) is 82.7 Å². The van der Waals surface area contributed by atoms with E-state index in [1.165, 1.54) is 24.9 Å². The number of thiophene rings is 2. The molecule has 264 valence electrons. The van der Waals surface area contributed by atoms with Gasteiger partial charge in [-0.05, 0) is 78.9 Å². The molecule has 0 radical (unpaired) electrons. The van der Waals surface area contributed by atoms with Crippen molar-refractivity contribution < 1.29 is 8.83 Å². The molecule has 0 amide bonds. The van der Waals surface area contributed by atoms with Gasteiger partial charge in [0.25, 0.3) is 0 Å². The summed E-state index contributed by atoms with van der Waals surface area (Å²) in [5, 5.41) is 7.01. The van der Waals surface area contributed by atoms with Gasteiger partial charge < -0.3 is 18.6 Å². The highest BCUT2D eigenvalue weighted by molar-refractivity contribution is 7.27. The Morgan fingerprint density at radius 3 is 1.71 bits per heavy atom. The third-order valence-electron chi connectivity index (χ3n) is 10.8. The Morgan fingerprint density at radius 1 is 0.321 bits per heavy atom. The van der Waals surface area contributed by atoms with E-state index in [1.807, 2.05) is 23.5 Å². The molecule has 0 aliphatic rings. The van der Waals surface area contributed by atoms with E-state index in [0.29, 0.717) is 0 Å². The maximum absolute atomic E-state index is 6.82. The van der Waals surface area contributed by atoms with Gasteiger partial charge in [0.05, 0.1) is 20.8 Å². The van der Waals surface area contributed by atoms with Gasteiger partial charge in [0, 0.05) is 70.5 Å². The number of hydrogen-bond acceptors (Lipinski definition) is 6. The minimum atomic E-state index is 0.868. The average molecular weight is 755 g/mol. The molecule has 0 fully saturated rings. The Labute approximate surface area is 329 Å². The summed E-state index contributed by atoms with van der Waals surface area (Å²) in [6, 6.07) is 64.5. The van der Waals surface area contributed by atoms with Crippen molar-refractivity contribution in [3.05, 3.63) is 182 Å². The van der Waals surface area contributed by atoms with Crippen LogP contribution in [0.4, 0.5) is 34.1 Å². The van der Waals surface area contributed by atoms with Crippen molar-refractivity contribution in [3.8, 4) is 0 Å². The Bertz CT molecular complexity index is 3220. The third kappa shape index (κ3) is 4.76. The lowest BCUT2D eigenvalue weighted by atomic mass is 10.1. The molecule has 12 rings (SSSR count). The maximum atomic E-state index is 6.82. The van der Waals surface area contributed by atoms with E-state index >= 15 is 0 Å². The molecule has 4 nitrogen and oxygen atoms in total. The van der Waals surface area contributed by atoms with Gasteiger partial charge in [0.2, 0.25) is 0 Å². The number of nitrogens with zero attached hydrogens (tertiary/aromatic N) is 2. The molecule has 0 N–H and O–H groups in total. The minimum absolute atomic E-state index is 0.868. The van der Waals surface area contributed by atoms with Crippen molar-refractivity contribution >= 4 is 130 Å². The predicted molar refractivity (Wildman–Crippen MR) is 239 cm³/mol. The molecule has 56 heavy (non-hydrogen) atoms. The Balaban J connectivity index is 0.997. The topological polar surface area (TPSA) is 32.8 Å². The first-order valence-corrected chi connectivity index (χ1v) is 20.3. The molecule has 6 heteroatoms. The van der Waals surface area contributed by atoms with Crippen molar-refractivity contribution in [1.29, 1.82) is 0 Å². The zero-order chi connectivity index (χ0) is 36.7. The van der Waals surface area contributed by atoms with Gasteiger partial charge in [0.15, 0.2) is 11.2 Å². The summed E-state index contributed by atoms with van der Waals surface area (Å²) < 4.78 is 18.2. The number of fused-ring (bicyclic) bond motifs is 11. The number of furan rings is 2. The van der Waals surface area contributed by atoms with Gasteiger partial charge in [-0.2, -0.15) is 0 Å². The van der Waals surface area contributed by atoms with Gasteiger partial charge in [-0.3, -0.25) is 0 Å². The average Bonchev–Trinajstić information content (AvgIpc) is 4.01. The molecule has 0 bridgehead atoms. The van der Waals surface area contributed by atoms with Crippen molar-refractivity contribution in [2.45, 2.75) is 0 Å². The van der Waals surface area contributed by atoms with E-state index in [1.54, 1.807) is 11.3 Å². The molecule has 8 aromatic carbocycles. The fraction of sp³-hybridized carbons (Fsp3) is 0. The van der Waals surface area contributed by atoms with Gasteiger partial charge in [-0.1, -0.05) is 97.1 Å². The largest absolute Gasteiger partial charge is 0.454 e. The summed E-state index contributed by atoms with van der Waals surface area (Å²) in [6.45, 7) is 0. The number of hydrogen-bond donors (Lipinski definition) is 0. The van der Waals surface area contributed by atoms with Crippen LogP contribution in [0.3, 0.4) is 0 Å². The Hall–Kier alpha value is -6.86.